The Morgan fingerprint density at radius 3 is 2.70 bits per heavy atom. The molecule has 10 heavy (non-hydrogen) atoms. The van der Waals surface area contributed by atoms with Crippen molar-refractivity contribution in [2.45, 2.75) is 0 Å². The van der Waals surface area contributed by atoms with Crippen LogP contribution in [0.1, 0.15) is 10.5 Å². The molecule has 3 N–H and O–H groups in total. The van der Waals surface area contributed by atoms with Gasteiger partial charge in [0.2, 0.25) is 0 Å². The van der Waals surface area contributed by atoms with Crippen molar-refractivity contribution in [2.75, 3.05) is 0 Å². The minimum absolute atomic E-state index is 0.351. The van der Waals surface area contributed by atoms with E-state index in [1.54, 1.807) is 6.07 Å². The maximum Gasteiger partial charge on any atom is 0.313 e. The quantitative estimate of drug-likeness (QED) is 0.625. The van der Waals surface area contributed by atoms with Crippen molar-refractivity contribution in [1.29, 1.82) is 0 Å². The first kappa shape index (κ1) is 7.02. The summed E-state index contributed by atoms with van der Waals surface area (Å²) in [6.07, 6.45) is 1.50. The van der Waals surface area contributed by atoms with Crippen molar-refractivity contribution in [1.82, 2.24) is 0 Å². The summed E-state index contributed by atoms with van der Waals surface area (Å²) in [5.41, 5.74) is 5.30. The molecule has 1 amide bonds. The molecule has 0 fully saturated rings. The first-order chi connectivity index (χ1) is 4.70. The Morgan fingerprint density at radius 1 is 1.60 bits per heavy atom. The van der Waals surface area contributed by atoms with Crippen molar-refractivity contribution in [3.63, 3.8) is 0 Å². The lowest BCUT2D eigenvalue weighted by Gasteiger charge is -1.85. The zero-order valence-electron chi connectivity index (χ0n) is 5.10. The Labute approximate surface area is 62.8 Å². The molecule has 0 radical (unpaired) electrons. The summed E-state index contributed by atoms with van der Waals surface area (Å²) in [4.78, 5) is 13.1. The third kappa shape index (κ3) is 1.45. The van der Waals surface area contributed by atoms with Crippen LogP contribution in [0.3, 0.4) is 0 Å². The molecule has 0 aromatic carbocycles. The largest absolute Gasteiger partial charge is 0.360 e. The Hall–Kier alpha value is -1.09. The van der Waals surface area contributed by atoms with E-state index in [4.69, 9.17) is 17.3 Å². The standard InChI is InChI=1S/C6H5ClN2O/c7-4-1-2-5(6(8)10)9-3-4/h1-3H,(H2,8,10)/p+1. The second kappa shape index (κ2) is 2.66. The fraction of sp³-hybridized carbons (Fsp3) is 0. The molecule has 1 heterocycles. The summed E-state index contributed by atoms with van der Waals surface area (Å²) in [5.74, 6) is -0.489. The number of hydrogen-bond donors (Lipinski definition) is 1. The SMILES string of the molecule is NC(=O)c1ccc(Cl)c[nH+]1. The van der Waals surface area contributed by atoms with E-state index >= 15 is 0 Å². The molecule has 0 bridgehead atoms. The van der Waals surface area contributed by atoms with E-state index < -0.39 is 5.91 Å². The van der Waals surface area contributed by atoms with Gasteiger partial charge in [-0.25, -0.2) is 4.98 Å². The van der Waals surface area contributed by atoms with Crippen LogP contribution in [0.5, 0.6) is 0 Å². The minimum atomic E-state index is -0.489. The molecule has 0 aliphatic heterocycles. The second-order valence-electron chi connectivity index (χ2n) is 1.78. The van der Waals surface area contributed by atoms with Crippen LogP contribution in [0.2, 0.25) is 5.02 Å². The van der Waals surface area contributed by atoms with Gasteiger partial charge in [0, 0.05) is 6.07 Å². The maximum atomic E-state index is 10.5. The van der Waals surface area contributed by atoms with E-state index in [2.05, 4.69) is 4.98 Å². The molecule has 52 valence electrons. The number of carbonyl (C=O) groups excluding carboxylic acids is 1. The van der Waals surface area contributed by atoms with Gasteiger partial charge in [0.25, 0.3) is 5.69 Å². The summed E-state index contributed by atoms with van der Waals surface area (Å²) in [6.45, 7) is 0. The van der Waals surface area contributed by atoms with Crippen LogP contribution < -0.4 is 10.7 Å². The fourth-order valence-electron chi connectivity index (χ4n) is 0.559. The number of primary amides is 1. The first-order valence-corrected chi connectivity index (χ1v) is 3.05. The Morgan fingerprint density at radius 2 is 2.30 bits per heavy atom. The van der Waals surface area contributed by atoms with Gasteiger partial charge < -0.3 is 5.73 Å². The van der Waals surface area contributed by atoms with Crippen molar-refractivity contribution in [2.24, 2.45) is 5.73 Å². The Balaban J connectivity index is 3.00. The van der Waals surface area contributed by atoms with Gasteiger partial charge in [0.1, 0.15) is 5.02 Å². The maximum absolute atomic E-state index is 10.5. The van der Waals surface area contributed by atoms with E-state index in [1.165, 1.54) is 12.3 Å². The molecule has 0 unspecified atom stereocenters. The van der Waals surface area contributed by atoms with Crippen molar-refractivity contribution in [3.8, 4) is 0 Å². The molecule has 4 heteroatoms. The molecule has 0 saturated heterocycles. The van der Waals surface area contributed by atoms with Gasteiger partial charge in [-0.3, -0.25) is 4.79 Å². The highest BCUT2D eigenvalue weighted by Gasteiger charge is 2.06. The number of nitrogens with one attached hydrogen (secondary N) is 1. The van der Waals surface area contributed by atoms with E-state index in [1.807, 2.05) is 0 Å². The minimum Gasteiger partial charge on any atom is -0.360 e. The van der Waals surface area contributed by atoms with Crippen LogP contribution >= 0.6 is 11.6 Å². The van der Waals surface area contributed by atoms with E-state index in [-0.39, 0.29) is 0 Å². The smallest absolute Gasteiger partial charge is 0.313 e. The van der Waals surface area contributed by atoms with Gasteiger partial charge in [-0.15, -0.1) is 0 Å². The van der Waals surface area contributed by atoms with Crippen LogP contribution in [0, 0.1) is 0 Å². The average molecular weight is 158 g/mol. The number of nitrogens with two attached hydrogens (primary N) is 1. The molecule has 0 atom stereocenters. The number of hydrogen-bond acceptors (Lipinski definition) is 1. The fourth-order valence-corrected chi connectivity index (χ4v) is 0.677. The first-order valence-electron chi connectivity index (χ1n) is 2.67. The number of pyridine rings is 1. The summed E-state index contributed by atoms with van der Waals surface area (Å²) in [6, 6.07) is 3.13. The van der Waals surface area contributed by atoms with E-state index in [0.717, 1.165) is 0 Å². The number of H-pyrrole nitrogens is 1. The van der Waals surface area contributed by atoms with E-state index in [0.29, 0.717) is 10.7 Å². The lowest BCUT2D eigenvalue weighted by Crippen LogP contribution is -2.22. The highest BCUT2D eigenvalue weighted by atomic mass is 35.5. The molecular weight excluding hydrogens is 152 g/mol. The molecular formula is C6H6ClN2O+. The monoisotopic (exact) mass is 157 g/mol. The number of amides is 1. The van der Waals surface area contributed by atoms with Gasteiger partial charge in [-0.1, -0.05) is 11.6 Å². The number of halogens is 1. The van der Waals surface area contributed by atoms with Crippen LogP contribution in [0.4, 0.5) is 0 Å². The number of rotatable bonds is 1. The van der Waals surface area contributed by atoms with Crippen molar-refractivity contribution < 1.29 is 9.78 Å². The predicted octanol–water partition coefficient (Wildman–Crippen LogP) is 0.253. The van der Waals surface area contributed by atoms with E-state index in [9.17, 15) is 4.79 Å². The summed E-state index contributed by atoms with van der Waals surface area (Å²) in [5, 5.41) is 0.546. The molecule has 1 aromatic rings. The zero-order chi connectivity index (χ0) is 7.56. The lowest BCUT2D eigenvalue weighted by atomic mass is 10.3. The molecule has 0 aliphatic rings. The topological polar surface area (TPSA) is 57.2 Å². The molecule has 0 spiro atoms. The molecule has 3 nitrogen and oxygen atoms in total. The molecule has 1 rings (SSSR count). The third-order valence-corrected chi connectivity index (χ3v) is 1.28. The van der Waals surface area contributed by atoms with Gasteiger partial charge in [-0.05, 0) is 6.07 Å². The zero-order valence-corrected chi connectivity index (χ0v) is 5.85. The Bertz CT molecular complexity index is 244. The average Bonchev–Trinajstić information content (AvgIpc) is 1.88. The van der Waals surface area contributed by atoms with Crippen LogP contribution in [0.25, 0.3) is 0 Å². The van der Waals surface area contributed by atoms with Gasteiger partial charge in [0.05, 0.1) is 0 Å². The molecule has 1 aromatic heterocycles. The molecule has 0 saturated carbocycles. The predicted molar refractivity (Wildman–Crippen MR) is 36.5 cm³/mol. The van der Waals surface area contributed by atoms with Crippen molar-refractivity contribution in [3.05, 3.63) is 29.0 Å². The number of aromatic nitrogens is 1. The van der Waals surface area contributed by atoms with Gasteiger partial charge >= 0.3 is 5.91 Å². The van der Waals surface area contributed by atoms with Crippen LogP contribution in [0.15, 0.2) is 18.3 Å². The van der Waals surface area contributed by atoms with Crippen LogP contribution in [-0.2, 0) is 0 Å². The lowest BCUT2D eigenvalue weighted by molar-refractivity contribution is -0.381. The number of aromatic amines is 1. The molecule has 0 aliphatic carbocycles. The third-order valence-electron chi connectivity index (χ3n) is 1.04. The summed E-state index contributed by atoms with van der Waals surface area (Å²) in [7, 11) is 0. The van der Waals surface area contributed by atoms with Gasteiger partial charge in [0.15, 0.2) is 6.20 Å². The Kier molecular flexibility index (Phi) is 1.87. The van der Waals surface area contributed by atoms with Gasteiger partial charge in [-0.2, -0.15) is 0 Å². The van der Waals surface area contributed by atoms with Crippen LogP contribution in [-0.4, -0.2) is 5.91 Å². The highest BCUT2D eigenvalue weighted by Crippen LogP contribution is 2.01. The summed E-state index contributed by atoms with van der Waals surface area (Å²) < 4.78 is 0. The summed E-state index contributed by atoms with van der Waals surface area (Å²) >= 11 is 5.53. The van der Waals surface area contributed by atoms with Crippen molar-refractivity contribution >= 4 is 17.5 Å². The highest BCUT2D eigenvalue weighted by molar-refractivity contribution is 6.30. The number of carbonyl (C=O) groups is 1. The normalized spacial score (nSPS) is 9.30. The second-order valence-corrected chi connectivity index (χ2v) is 2.22.